The Bertz CT molecular complexity index is 1220. The van der Waals surface area contributed by atoms with E-state index in [0.29, 0.717) is 16.7 Å². The van der Waals surface area contributed by atoms with Crippen molar-refractivity contribution in [2.75, 3.05) is 11.5 Å². The van der Waals surface area contributed by atoms with Gasteiger partial charge in [-0.25, -0.2) is 4.99 Å². The Kier molecular flexibility index (Phi) is 7.36. The van der Waals surface area contributed by atoms with Crippen LogP contribution in [0.4, 0.5) is 11.4 Å². The minimum atomic E-state index is -0.101. The first-order valence-electron chi connectivity index (χ1n) is 10.8. The molecule has 1 aliphatic rings. The monoisotopic (exact) mass is 520 g/mol. The molecule has 1 fully saturated rings. The van der Waals surface area contributed by atoms with Crippen LogP contribution in [0.1, 0.15) is 30.0 Å². The minimum absolute atomic E-state index is 0.101. The second-order valence-corrected chi connectivity index (χ2v) is 9.77. The number of rotatable bonds is 6. The first-order chi connectivity index (χ1) is 15.9. The van der Waals surface area contributed by atoms with Gasteiger partial charge < -0.3 is 4.74 Å². The Labute approximate surface area is 207 Å². The molecule has 168 valence electrons. The number of aliphatic imine (C=N–C) groups is 1. The summed E-state index contributed by atoms with van der Waals surface area (Å²) in [5.41, 5.74) is 4.76. The molecule has 0 atom stereocenters. The minimum Gasteiger partial charge on any atom is -0.493 e. The van der Waals surface area contributed by atoms with Crippen molar-refractivity contribution in [1.29, 1.82) is 0 Å². The molecule has 0 unspecified atom stereocenters. The number of aryl methyl sites for hydroxylation is 2. The Balaban J connectivity index is 1.77. The van der Waals surface area contributed by atoms with E-state index in [1.54, 1.807) is 4.90 Å². The molecule has 0 saturated carbocycles. The fourth-order valence-electron chi connectivity index (χ4n) is 3.32. The number of hydrogen-bond acceptors (Lipinski definition) is 4. The van der Waals surface area contributed by atoms with Crippen molar-refractivity contribution in [3.05, 3.63) is 92.8 Å². The van der Waals surface area contributed by atoms with Crippen LogP contribution in [0, 0.1) is 13.8 Å². The molecule has 0 spiro atoms. The van der Waals surface area contributed by atoms with E-state index in [2.05, 4.69) is 22.9 Å². The van der Waals surface area contributed by atoms with Crippen LogP contribution in [0.2, 0.25) is 0 Å². The summed E-state index contributed by atoms with van der Waals surface area (Å²) in [5, 5.41) is 0.630. The molecule has 0 bridgehead atoms. The van der Waals surface area contributed by atoms with Crippen LogP contribution >= 0.6 is 27.7 Å². The second kappa shape index (κ2) is 10.4. The van der Waals surface area contributed by atoms with E-state index in [1.807, 2.05) is 86.7 Å². The van der Waals surface area contributed by atoms with Crippen LogP contribution in [0.15, 0.2) is 81.1 Å². The lowest BCUT2D eigenvalue weighted by Gasteiger charge is -2.16. The zero-order chi connectivity index (χ0) is 23.4. The fourth-order valence-corrected chi connectivity index (χ4v) is 4.69. The molecule has 3 aromatic carbocycles. The smallest absolute Gasteiger partial charge is 0.271 e. The van der Waals surface area contributed by atoms with Gasteiger partial charge in [-0.2, -0.15) is 0 Å². The molecule has 0 N–H and O–H groups in total. The summed E-state index contributed by atoms with van der Waals surface area (Å²) < 4.78 is 6.84. The van der Waals surface area contributed by atoms with Gasteiger partial charge in [-0.3, -0.25) is 9.69 Å². The van der Waals surface area contributed by atoms with Gasteiger partial charge in [0.15, 0.2) is 5.17 Å². The topological polar surface area (TPSA) is 41.9 Å². The number of nitrogens with zero attached hydrogens (tertiary/aromatic N) is 2. The van der Waals surface area contributed by atoms with Gasteiger partial charge in [0, 0.05) is 10.0 Å². The highest BCUT2D eigenvalue weighted by molar-refractivity contribution is 9.10. The Hall–Kier alpha value is -2.83. The van der Waals surface area contributed by atoms with E-state index in [0.717, 1.165) is 39.1 Å². The summed E-state index contributed by atoms with van der Waals surface area (Å²) >= 11 is 4.91. The van der Waals surface area contributed by atoms with Crippen LogP contribution in [0.3, 0.4) is 0 Å². The van der Waals surface area contributed by atoms with E-state index in [9.17, 15) is 4.79 Å². The number of carbonyl (C=O) groups is 1. The van der Waals surface area contributed by atoms with E-state index in [-0.39, 0.29) is 5.91 Å². The Morgan fingerprint density at radius 2 is 1.67 bits per heavy atom. The number of carbonyl (C=O) groups excluding carboxylic acids is 1. The van der Waals surface area contributed by atoms with Crippen LogP contribution in [-0.4, -0.2) is 17.7 Å². The van der Waals surface area contributed by atoms with Gasteiger partial charge in [-0.15, -0.1) is 0 Å². The molecule has 1 heterocycles. The molecular weight excluding hydrogens is 496 g/mol. The highest BCUT2D eigenvalue weighted by atomic mass is 79.9. The van der Waals surface area contributed by atoms with Crippen molar-refractivity contribution < 1.29 is 9.53 Å². The average Bonchev–Trinajstić information content (AvgIpc) is 3.10. The van der Waals surface area contributed by atoms with Crippen molar-refractivity contribution in [2.24, 2.45) is 4.99 Å². The second-order valence-electron chi connectivity index (χ2n) is 7.85. The number of halogens is 1. The predicted molar refractivity (Wildman–Crippen MR) is 142 cm³/mol. The third-order valence-electron chi connectivity index (χ3n) is 5.08. The lowest BCUT2D eigenvalue weighted by Crippen LogP contribution is -2.28. The Morgan fingerprint density at radius 3 is 2.33 bits per heavy atom. The number of thioether (sulfide) groups is 1. The van der Waals surface area contributed by atoms with Crippen LogP contribution in [-0.2, 0) is 4.79 Å². The van der Waals surface area contributed by atoms with Gasteiger partial charge in [0.05, 0.1) is 22.9 Å². The third-order valence-corrected chi connectivity index (χ3v) is 6.54. The molecule has 33 heavy (non-hydrogen) atoms. The summed E-state index contributed by atoms with van der Waals surface area (Å²) in [6.45, 7) is 6.76. The zero-order valence-electron chi connectivity index (χ0n) is 18.8. The average molecular weight is 521 g/mol. The van der Waals surface area contributed by atoms with Gasteiger partial charge in [-0.05, 0) is 80.6 Å². The largest absolute Gasteiger partial charge is 0.493 e. The summed E-state index contributed by atoms with van der Waals surface area (Å²) in [5.74, 6) is 0.655. The number of ether oxygens (including phenoxy) is 1. The van der Waals surface area contributed by atoms with E-state index in [1.165, 1.54) is 17.3 Å². The summed E-state index contributed by atoms with van der Waals surface area (Å²) in [4.78, 5) is 20.7. The van der Waals surface area contributed by atoms with Crippen LogP contribution in [0.25, 0.3) is 6.08 Å². The highest BCUT2D eigenvalue weighted by Gasteiger charge is 2.35. The lowest BCUT2D eigenvalue weighted by atomic mass is 10.1. The SMILES string of the molecule is CCCOc1ccc(Br)cc1/C=C1\SC(=Nc2ccc(C)cc2)N(c2ccc(C)cc2)C1=O. The van der Waals surface area contributed by atoms with Crippen molar-refractivity contribution in [3.63, 3.8) is 0 Å². The first kappa shape index (κ1) is 23.3. The number of amides is 1. The lowest BCUT2D eigenvalue weighted by molar-refractivity contribution is -0.113. The molecule has 4 nitrogen and oxygen atoms in total. The molecule has 0 radical (unpaired) electrons. The maximum absolute atomic E-state index is 13.6. The first-order valence-corrected chi connectivity index (χ1v) is 12.4. The molecule has 6 heteroatoms. The molecule has 3 aromatic rings. The van der Waals surface area contributed by atoms with E-state index < -0.39 is 0 Å². The highest BCUT2D eigenvalue weighted by Crippen LogP contribution is 2.39. The van der Waals surface area contributed by atoms with Crippen LogP contribution < -0.4 is 9.64 Å². The standard InChI is InChI=1S/C27H25BrN2O2S/c1-4-15-32-24-14-9-21(28)16-20(24)17-25-26(31)30(23-12-7-19(3)8-13-23)27(33-25)29-22-10-5-18(2)6-11-22/h5-14,16-17H,4,15H2,1-3H3/b25-17-,29-27?. The summed E-state index contributed by atoms with van der Waals surface area (Å²) in [6, 6.07) is 21.7. The van der Waals surface area contributed by atoms with Crippen LogP contribution in [0.5, 0.6) is 5.75 Å². The summed E-state index contributed by atoms with van der Waals surface area (Å²) in [6.07, 6.45) is 2.80. The van der Waals surface area contributed by atoms with Crippen molar-refractivity contribution >= 4 is 56.2 Å². The fraction of sp³-hybridized carbons (Fsp3) is 0.185. The molecule has 0 aromatic heterocycles. The number of anilines is 1. The van der Waals surface area contributed by atoms with Gasteiger partial charge in [0.2, 0.25) is 0 Å². The van der Waals surface area contributed by atoms with Gasteiger partial charge in [-0.1, -0.05) is 58.2 Å². The normalized spacial score (nSPS) is 16.1. The number of hydrogen-bond donors (Lipinski definition) is 0. The molecular formula is C27H25BrN2O2S. The van der Waals surface area contributed by atoms with Crippen molar-refractivity contribution in [1.82, 2.24) is 0 Å². The van der Waals surface area contributed by atoms with Crippen molar-refractivity contribution in [3.8, 4) is 5.75 Å². The molecule has 1 aliphatic heterocycles. The third kappa shape index (κ3) is 5.57. The number of amidine groups is 1. The van der Waals surface area contributed by atoms with Gasteiger partial charge >= 0.3 is 0 Å². The predicted octanol–water partition coefficient (Wildman–Crippen LogP) is 7.66. The molecule has 4 rings (SSSR count). The van der Waals surface area contributed by atoms with E-state index in [4.69, 9.17) is 9.73 Å². The molecule has 1 amide bonds. The maximum Gasteiger partial charge on any atom is 0.271 e. The molecule has 1 saturated heterocycles. The maximum atomic E-state index is 13.6. The quantitative estimate of drug-likeness (QED) is 0.313. The summed E-state index contributed by atoms with van der Waals surface area (Å²) in [7, 11) is 0. The zero-order valence-corrected chi connectivity index (χ0v) is 21.2. The van der Waals surface area contributed by atoms with Gasteiger partial charge in [0.1, 0.15) is 5.75 Å². The van der Waals surface area contributed by atoms with E-state index >= 15 is 0 Å². The Morgan fingerprint density at radius 1 is 1.00 bits per heavy atom. The number of benzene rings is 3. The molecule has 0 aliphatic carbocycles. The van der Waals surface area contributed by atoms with Gasteiger partial charge in [0.25, 0.3) is 5.91 Å². The van der Waals surface area contributed by atoms with Crippen molar-refractivity contribution in [2.45, 2.75) is 27.2 Å².